The average molecular weight is 718 g/mol. The number of carbonyl (C=O) groups is 2. The molecule has 2 aromatic rings. The van der Waals surface area contributed by atoms with Gasteiger partial charge in [0.2, 0.25) is 0 Å². The number of hydrogen-bond acceptors (Lipinski definition) is 5. The van der Waals surface area contributed by atoms with Crippen LogP contribution in [-0.2, 0) is 0 Å². The van der Waals surface area contributed by atoms with Crippen molar-refractivity contribution in [3.05, 3.63) is 83.0 Å². The lowest BCUT2D eigenvalue weighted by molar-refractivity contribution is 0.103. The third kappa shape index (κ3) is 20.8. The Balaban J connectivity index is 0.000000545. The Kier molecular flexibility index (Phi) is 26.4. The molecule has 0 amide bonds. The molecule has 0 aliphatic carbocycles. The van der Waals surface area contributed by atoms with E-state index in [2.05, 4.69) is 67.2 Å². The molecule has 0 bridgehead atoms. The highest BCUT2D eigenvalue weighted by molar-refractivity contribution is 6.05. The van der Waals surface area contributed by atoms with Crippen molar-refractivity contribution in [1.29, 1.82) is 0 Å². The number of ketones is 2. The fourth-order valence-electron chi connectivity index (χ4n) is 5.66. The highest BCUT2D eigenvalue weighted by atomic mass is 16.5. The van der Waals surface area contributed by atoms with Crippen LogP contribution in [0.5, 0.6) is 11.5 Å². The molecule has 0 fully saturated rings. The molecule has 0 atom stereocenters. The maximum Gasteiger partial charge on any atom is 0.185 e. The standard InChI is InChI=1S/C27H45NO2.C20H30O2/c1-6-9-13-25(23(4)5)22-27(29)24-14-16-26(17-15-24)30-21-12-20-28(18-10-7-2)19-11-8-3;1-5-7-9-18(16(3)4)15-20(21)17-10-12-19(13-11-17)22-14-8-6-2/h14-17,22-23H,6-13,18-21H2,1-5H3;10-13,15-16H,5-9,14H2,1-4H3/b25-22+;18-15+. The molecular weight excluding hydrogens is 643 g/mol. The van der Waals surface area contributed by atoms with Crippen molar-refractivity contribution in [2.75, 3.05) is 32.8 Å². The van der Waals surface area contributed by atoms with Gasteiger partial charge in [-0.15, -0.1) is 0 Å². The van der Waals surface area contributed by atoms with E-state index in [1.807, 2.05) is 60.7 Å². The second kappa shape index (κ2) is 29.3. The summed E-state index contributed by atoms with van der Waals surface area (Å²) in [5, 5.41) is 0. The summed E-state index contributed by atoms with van der Waals surface area (Å²) >= 11 is 0. The summed E-state index contributed by atoms with van der Waals surface area (Å²) in [5.74, 6) is 2.72. The maximum absolute atomic E-state index is 12.6. The number of carbonyl (C=O) groups excluding carboxylic acids is 2. The molecule has 0 aliphatic heterocycles. The Morgan fingerprint density at radius 2 is 0.865 bits per heavy atom. The molecule has 2 aromatic carbocycles. The highest BCUT2D eigenvalue weighted by Gasteiger charge is 2.11. The first-order valence-corrected chi connectivity index (χ1v) is 20.8. The van der Waals surface area contributed by atoms with Crippen LogP contribution >= 0.6 is 0 Å². The van der Waals surface area contributed by atoms with E-state index < -0.39 is 0 Å². The third-order valence-electron chi connectivity index (χ3n) is 9.34. The number of ether oxygens (including phenoxy) is 2. The van der Waals surface area contributed by atoms with E-state index in [0.29, 0.717) is 11.8 Å². The quantitative estimate of drug-likeness (QED) is 0.0523. The average Bonchev–Trinajstić information content (AvgIpc) is 3.14. The van der Waals surface area contributed by atoms with Gasteiger partial charge in [0.25, 0.3) is 0 Å². The minimum Gasteiger partial charge on any atom is -0.494 e. The second-order valence-corrected chi connectivity index (χ2v) is 14.7. The van der Waals surface area contributed by atoms with Gasteiger partial charge in [0.1, 0.15) is 11.5 Å². The molecule has 2 rings (SSSR count). The first-order valence-electron chi connectivity index (χ1n) is 20.8. The molecule has 0 N–H and O–H groups in total. The predicted octanol–water partition coefficient (Wildman–Crippen LogP) is 13.1. The number of benzene rings is 2. The van der Waals surface area contributed by atoms with Crippen molar-refractivity contribution in [2.45, 2.75) is 146 Å². The van der Waals surface area contributed by atoms with Crippen molar-refractivity contribution in [1.82, 2.24) is 4.90 Å². The van der Waals surface area contributed by atoms with Crippen molar-refractivity contribution in [2.24, 2.45) is 11.8 Å². The molecule has 0 heterocycles. The van der Waals surface area contributed by atoms with Crippen LogP contribution in [0.2, 0.25) is 0 Å². The van der Waals surface area contributed by atoms with E-state index in [9.17, 15) is 9.59 Å². The van der Waals surface area contributed by atoms with Gasteiger partial charge in [-0.3, -0.25) is 9.59 Å². The zero-order valence-corrected chi connectivity index (χ0v) is 34.7. The summed E-state index contributed by atoms with van der Waals surface area (Å²) in [6.07, 6.45) is 18.5. The molecule has 52 heavy (non-hydrogen) atoms. The molecule has 5 nitrogen and oxygen atoms in total. The molecule has 5 heteroatoms. The number of rotatable bonds is 27. The number of nitrogens with zero attached hydrogens (tertiary/aromatic N) is 1. The normalized spacial score (nSPS) is 11.9. The lowest BCUT2D eigenvalue weighted by Gasteiger charge is -2.21. The van der Waals surface area contributed by atoms with Gasteiger partial charge in [-0.05, 0) is 137 Å². The summed E-state index contributed by atoms with van der Waals surface area (Å²) in [5.41, 5.74) is 3.97. The van der Waals surface area contributed by atoms with Crippen LogP contribution in [0.4, 0.5) is 0 Å². The topological polar surface area (TPSA) is 55.8 Å². The van der Waals surface area contributed by atoms with Crippen LogP contribution in [0.25, 0.3) is 0 Å². The summed E-state index contributed by atoms with van der Waals surface area (Å²) in [7, 11) is 0. The lowest BCUT2D eigenvalue weighted by atomic mass is 9.95. The fourth-order valence-corrected chi connectivity index (χ4v) is 5.66. The number of hydrogen-bond donors (Lipinski definition) is 0. The van der Waals surface area contributed by atoms with Crippen molar-refractivity contribution in [3.63, 3.8) is 0 Å². The summed E-state index contributed by atoms with van der Waals surface area (Å²) in [6.45, 7) is 24.6. The molecule has 0 aliphatic rings. The Morgan fingerprint density at radius 3 is 1.21 bits per heavy atom. The van der Waals surface area contributed by atoms with Gasteiger partial charge < -0.3 is 14.4 Å². The Morgan fingerprint density at radius 1 is 0.519 bits per heavy atom. The molecular formula is C47H75NO4. The molecule has 0 radical (unpaired) electrons. The van der Waals surface area contributed by atoms with Gasteiger partial charge in [0.15, 0.2) is 11.6 Å². The molecule has 0 spiro atoms. The molecule has 292 valence electrons. The zero-order chi connectivity index (χ0) is 38.6. The predicted molar refractivity (Wildman–Crippen MR) is 223 cm³/mol. The van der Waals surface area contributed by atoms with Gasteiger partial charge in [0, 0.05) is 17.7 Å². The van der Waals surface area contributed by atoms with Crippen molar-refractivity contribution in [3.8, 4) is 11.5 Å². The van der Waals surface area contributed by atoms with Gasteiger partial charge in [-0.25, -0.2) is 0 Å². The van der Waals surface area contributed by atoms with Crippen molar-refractivity contribution >= 4 is 11.6 Å². The van der Waals surface area contributed by atoms with Gasteiger partial charge >= 0.3 is 0 Å². The largest absolute Gasteiger partial charge is 0.494 e. The van der Waals surface area contributed by atoms with Crippen LogP contribution < -0.4 is 9.47 Å². The van der Waals surface area contributed by atoms with Crippen LogP contribution in [-0.4, -0.2) is 49.3 Å². The van der Waals surface area contributed by atoms with Crippen LogP contribution in [0, 0.1) is 11.8 Å². The zero-order valence-electron chi connectivity index (χ0n) is 34.7. The van der Waals surface area contributed by atoms with Crippen LogP contribution in [0.1, 0.15) is 167 Å². The summed E-state index contributed by atoms with van der Waals surface area (Å²) in [4.78, 5) is 27.6. The van der Waals surface area contributed by atoms with E-state index in [1.165, 1.54) is 49.9 Å². The smallest absolute Gasteiger partial charge is 0.185 e. The van der Waals surface area contributed by atoms with Crippen LogP contribution in [0.15, 0.2) is 71.8 Å². The van der Waals surface area contributed by atoms with Gasteiger partial charge in [-0.1, -0.05) is 106 Å². The summed E-state index contributed by atoms with van der Waals surface area (Å²) in [6, 6.07) is 15.1. The maximum atomic E-state index is 12.6. The minimum atomic E-state index is 0.0971. The fraction of sp³-hybridized carbons (Fsp3) is 0.617. The first-order chi connectivity index (χ1) is 25.1. The lowest BCUT2D eigenvalue weighted by Crippen LogP contribution is -2.28. The first kappa shape index (κ1) is 46.8. The SMILES string of the molecule is CCCC/C(=C\C(=O)c1ccc(OCCCN(CCCC)CCCC)cc1)C(C)C.CCCCOc1ccc(C(=O)/C=C(\CCCC)C(C)C)cc1. The number of allylic oxidation sites excluding steroid dienone is 4. The molecule has 0 unspecified atom stereocenters. The van der Waals surface area contributed by atoms with E-state index >= 15 is 0 Å². The Hall–Kier alpha value is -3.18. The van der Waals surface area contributed by atoms with E-state index in [1.54, 1.807) is 0 Å². The summed E-state index contributed by atoms with van der Waals surface area (Å²) < 4.78 is 11.5. The van der Waals surface area contributed by atoms with E-state index in [-0.39, 0.29) is 11.6 Å². The van der Waals surface area contributed by atoms with Crippen molar-refractivity contribution < 1.29 is 19.1 Å². The molecule has 0 saturated carbocycles. The second-order valence-electron chi connectivity index (χ2n) is 14.7. The van der Waals surface area contributed by atoms with Crippen LogP contribution in [0.3, 0.4) is 0 Å². The van der Waals surface area contributed by atoms with E-state index in [4.69, 9.17) is 9.47 Å². The molecule has 0 saturated heterocycles. The number of unbranched alkanes of at least 4 members (excludes halogenated alkanes) is 5. The Bertz CT molecular complexity index is 1270. The van der Waals surface area contributed by atoms with Gasteiger partial charge in [-0.2, -0.15) is 0 Å². The third-order valence-corrected chi connectivity index (χ3v) is 9.34. The monoisotopic (exact) mass is 718 g/mol. The van der Waals surface area contributed by atoms with Gasteiger partial charge in [0.05, 0.1) is 13.2 Å². The molecule has 0 aromatic heterocycles. The Labute approximate surface area is 319 Å². The van der Waals surface area contributed by atoms with E-state index in [0.717, 1.165) is 100 Å². The minimum absolute atomic E-state index is 0.0971. The highest BCUT2D eigenvalue weighted by Crippen LogP contribution is 2.21.